The van der Waals surface area contributed by atoms with Crippen LogP contribution < -0.4 is 9.47 Å². The van der Waals surface area contributed by atoms with Crippen LogP contribution in [0.5, 0.6) is 11.5 Å². The Morgan fingerprint density at radius 2 is 1.85 bits per heavy atom. The molecule has 0 bridgehead atoms. The maximum absolute atomic E-state index is 6.81. The molecule has 0 saturated heterocycles. The fraction of sp³-hybridized carbons (Fsp3) is 0.259. The van der Waals surface area contributed by atoms with Crippen molar-refractivity contribution in [3.63, 3.8) is 0 Å². The number of aryl methyl sites for hydroxylation is 1. The topological polar surface area (TPSA) is 64.4 Å². The van der Waals surface area contributed by atoms with E-state index in [4.69, 9.17) is 21.1 Å². The number of fused-ring (bicyclic) bond motifs is 1. The summed E-state index contributed by atoms with van der Waals surface area (Å²) < 4.78 is 13.4. The first kappa shape index (κ1) is 23.3. The first-order chi connectivity index (χ1) is 16.6. The highest BCUT2D eigenvalue weighted by Gasteiger charge is 2.23. The Bertz CT molecular complexity index is 1410. The molecule has 2 aromatic carbocycles. The van der Waals surface area contributed by atoms with Crippen molar-refractivity contribution >= 4 is 17.2 Å². The van der Waals surface area contributed by atoms with Crippen molar-refractivity contribution < 1.29 is 9.47 Å². The lowest BCUT2D eigenvalue weighted by Gasteiger charge is -2.13. The van der Waals surface area contributed by atoms with Crippen molar-refractivity contribution in [1.29, 1.82) is 0 Å². The number of benzene rings is 2. The molecule has 2 heterocycles. The minimum atomic E-state index is 0.418. The number of halogens is 1. The van der Waals surface area contributed by atoms with Crippen molar-refractivity contribution in [2.45, 2.75) is 40.0 Å². The minimum Gasteiger partial charge on any atom is -0.493 e. The van der Waals surface area contributed by atoms with E-state index in [1.54, 1.807) is 11.6 Å². The standard InChI is InChI=1S/C27H25ClN4O2/c1-4-6-8-17-33-21-11-10-12-22(34-18-9-7-5-2)23(21)25-24(28)27-29-26(31-32(27)30-25)20-15-13-19(3)14-16-20/h10-16,30H,4,6,8,17H2,1-3H3. The van der Waals surface area contributed by atoms with E-state index in [1.807, 2.05) is 49.4 Å². The number of ether oxygens (including phenoxy) is 2. The van der Waals surface area contributed by atoms with Gasteiger partial charge < -0.3 is 9.47 Å². The number of aromatic amines is 1. The van der Waals surface area contributed by atoms with Gasteiger partial charge in [0.1, 0.15) is 16.9 Å². The Morgan fingerprint density at radius 3 is 2.59 bits per heavy atom. The van der Waals surface area contributed by atoms with Crippen LogP contribution in [0.4, 0.5) is 0 Å². The summed E-state index contributed by atoms with van der Waals surface area (Å²) in [5, 5.41) is 8.25. The molecule has 0 aliphatic carbocycles. The zero-order valence-corrected chi connectivity index (χ0v) is 20.2. The number of hydrogen-bond donors (Lipinski definition) is 1. The second kappa shape index (κ2) is 10.8. The van der Waals surface area contributed by atoms with Crippen LogP contribution in [-0.4, -0.2) is 26.4 Å². The SMILES string of the molecule is CC#CC#COc1cccc(OCCCCC)c1-c1[nH]n2nc(-c3ccc(C)cc3)nc2c1Cl. The van der Waals surface area contributed by atoms with E-state index >= 15 is 0 Å². The van der Waals surface area contributed by atoms with Gasteiger partial charge in [0.05, 0.1) is 17.9 Å². The van der Waals surface area contributed by atoms with E-state index in [1.165, 1.54) is 5.56 Å². The van der Waals surface area contributed by atoms with Crippen LogP contribution in [0.1, 0.15) is 38.7 Å². The van der Waals surface area contributed by atoms with Gasteiger partial charge in [0.2, 0.25) is 0 Å². The van der Waals surface area contributed by atoms with Gasteiger partial charge in [-0.3, -0.25) is 5.10 Å². The Balaban J connectivity index is 1.75. The first-order valence-electron chi connectivity index (χ1n) is 11.2. The summed E-state index contributed by atoms with van der Waals surface area (Å²) >= 11 is 6.81. The molecule has 0 aliphatic rings. The highest BCUT2D eigenvalue weighted by atomic mass is 35.5. The molecule has 2 aromatic heterocycles. The molecule has 0 saturated carbocycles. The summed E-state index contributed by atoms with van der Waals surface area (Å²) in [7, 11) is 0. The zero-order chi connectivity index (χ0) is 23.9. The largest absolute Gasteiger partial charge is 0.493 e. The van der Waals surface area contributed by atoms with E-state index in [2.05, 4.69) is 46.0 Å². The van der Waals surface area contributed by atoms with E-state index in [0.29, 0.717) is 45.9 Å². The van der Waals surface area contributed by atoms with Gasteiger partial charge in [0.15, 0.2) is 17.2 Å². The lowest BCUT2D eigenvalue weighted by atomic mass is 10.1. The maximum atomic E-state index is 6.81. The smallest absolute Gasteiger partial charge is 0.195 e. The molecular formula is C27H25ClN4O2. The monoisotopic (exact) mass is 472 g/mol. The fourth-order valence-electron chi connectivity index (χ4n) is 3.45. The van der Waals surface area contributed by atoms with Gasteiger partial charge in [0, 0.05) is 11.5 Å². The molecule has 0 radical (unpaired) electrons. The highest BCUT2D eigenvalue weighted by molar-refractivity contribution is 6.36. The lowest BCUT2D eigenvalue weighted by Crippen LogP contribution is -2.01. The third-order valence-electron chi connectivity index (χ3n) is 5.19. The van der Waals surface area contributed by atoms with Gasteiger partial charge in [0.25, 0.3) is 0 Å². The van der Waals surface area contributed by atoms with Gasteiger partial charge in [-0.1, -0.05) is 73.2 Å². The number of rotatable bonds is 8. The van der Waals surface area contributed by atoms with Crippen molar-refractivity contribution in [2.75, 3.05) is 6.61 Å². The Labute approximate surface area is 204 Å². The normalized spacial score (nSPS) is 10.4. The molecular weight excluding hydrogens is 448 g/mol. The molecule has 34 heavy (non-hydrogen) atoms. The van der Waals surface area contributed by atoms with Crippen LogP contribution in [-0.2, 0) is 0 Å². The van der Waals surface area contributed by atoms with E-state index in [9.17, 15) is 0 Å². The van der Waals surface area contributed by atoms with Crippen LogP contribution >= 0.6 is 11.6 Å². The van der Waals surface area contributed by atoms with Crippen LogP contribution in [0, 0.1) is 30.8 Å². The maximum Gasteiger partial charge on any atom is 0.195 e. The van der Waals surface area contributed by atoms with Crippen molar-refractivity contribution in [1.82, 2.24) is 19.8 Å². The number of H-pyrrole nitrogens is 1. The Morgan fingerprint density at radius 1 is 1.06 bits per heavy atom. The van der Waals surface area contributed by atoms with Gasteiger partial charge in [-0.05, 0) is 38.3 Å². The van der Waals surface area contributed by atoms with Gasteiger partial charge >= 0.3 is 0 Å². The van der Waals surface area contributed by atoms with Crippen LogP contribution in [0.2, 0.25) is 5.02 Å². The van der Waals surface area contributed by atoms with Crippen molar-refractivity contribution in [3.05, 3.63) is 53.1 Å². The number of unbranched alkanes of at least 4 members (excludes halogenated alkanes) is 2. The Kier molecular flexibility index (Phi) is 7.42. The molecule has 4 rings (SSSR count). The molecule has 0 aliphatic heterocycles. The Hall–Kier alpha value is -3.87. The number of nitrogens with one attached hydrogen (secondary N) is 1. The minimum absolute atomic E-state index is 0.418. The third-order valence-corrected chi connectivity index (χ3v) is 5.55. The number of hydrogen-bond acceptors (Lipinski definition) is 4. The van der Waals surface area contributed by atoms with Crippen LogP contribution in [0.25, 0.3) is 28.3 Å². The lowest BCUT2D eigenvalue weighted by molar-refractivity contribution is 0.306. The number of nitrogens with zero attached hydrogens (tertiary/aromatic N) is 3. The molecule has 172 valence electrons. The molecule has 0 atom stereocenters. The molecule has 4 aromatic rings. The van der Waals surface area contributed by atoms with Gasteiger partial charge in [-0.15, -0.1) is 5.10 Å². The molecule has 6 nitrogen and oxygen atoms in total. The predicted molar refractivity (Wildman–Crippen MR) is 135 cm³/mol. The average molecular weight is 473 g/mol. The number of aromatic nitrogens is 4. The molecule has 1 N–H and O–H groups in total. The van der Waals surface area contributed by atoms with Crippen LogP contribution in [0.15, 0.2) is 42.5 Å². The summed E-state index contributed by atoms with van der Waals surface area (Å²) in [6.45, 7) is 6.50. The molecule has 0 amide bonds. The van der Waals surface area contributed by atoms with Crippen molar-refractivity contribution in [3.8, 4) is 58.0 Å². The van der Waals surface area contributed by atoms with Crippen molar-refractivity contribution in [2.24, 2.45) is 0 Å². The summed E-state index contributed by atoms with van der Waals surface area (Å²) in [4.78, 5) is 4.65. The highest BCUT2D eigenvalue weighted by Crippen LogP contribution is 2.42. The van der Waals surface area contributed by atoms with Gasteiger partial charge in [-0.25, -0.2) is 4.98 Å². The van der Waals surface area contributed by atoms with E-state index in [-0.39, 0.29) is 0 Å². The van der Waals surface area contributed by atoms with Crippen LogP contribution in [0.3, 0.4) is 0 Å². The van der Waals surface area contributed by atoms with E-state index < -0.39 is 0 Å². The predicted octanol–water partition coefficient (Wildman–Crippen LogP) is 6.29. The summed E-state index contributed by atoms with van der Waals surface area (Å²) in [5.41, 5.74) is 3.85. The molecule has 0 unspecified atom stereocenters. The quantitative estimate of drug-likeness (QED) is 0.242. The summed E-state index contributed by atoms with van der Waals surface area (Å²) in [6, 6.07) is 13.6. The third kappa shape index (κ3) is 5.03. The van der Waals surface area contributed by atoms with Gasteiger partial charge in [-0.2, -0.15) is 4.63 Å². The molecule has 0 spiro atoms. The first-order valence-corrected chi connectivity index (χ1v) is 11.6. The molecule has 7 heteroatoms. The summed E-state index contributed by atoms with van der Waals surface area (Å²) in [6.07, 6.45) is 5.78. The fourth-order valence-corrected chi connectivity index (χ4v) is 3.71. The second-order valence-corrected chi connectivity index (χ2v) is 8.10. The second-order valence-electron chi connectivity index (χ2n) is 7.73. The van der Waals surface area contributed by atoms with E-state index in [0.717, 1.165) is 24.8 Å². The summed E-state index contributed by atoms with van der Waals surface area (Å²) in [5.74, 6) is 9.78. The molecule has 0 fully saturated rings. The zero-order valence-electron chi connectivity index (χ0n) is 19.4. The average Bonchev–Trinajstić information content (AvgIpc) is 3.39.